The van der Waals surface area contributed by atoms with Crippen molar-refractivity contribution in [2.45, 2.75) is 31.8 Å². The van der Waals surface area contributed by atoms with Crippen LogP contribution in [-0.4, -0.2) is 38.2 Å². The monoisotopic (exact) mass is 449 g/mol. The van der Waals surface area contributed by atoms with Crippen molar-refractivity contribution < 1.29 is 9.18 Å². The molecule has 2 heterocycles. The van der Waals surface area contributed by atoms with Crippen LogP contribution in [0.2, 0.25) is 0 Å². The number of hydrogen-bond acceptors (Lipinski definition) is 5. The maximum atomic E-state index is 13.3. The summed E-state index contributed by atoms with van der Waals surface area (Å²) in [5.74, 6) is -0.0787. The molecule has 1 amide bonds. The van der Waals surface area contributed by atoms with Gasteiger partial charge in [-0.05, 0) is 50.6 Å². The number of nitrogens with zero attached hydrogens (tertiary/aromatic N) is 4. The predicted molar refractivity (Wildman–Crippen MR) is 125 cm³/mol. The molecule has 0 saturated heterocycles. The minimum atomic E-state index is -0.293. The largest absolute Gasteiger partial charge is 0.355 e. The molecule has 8 heteroatoms. The lowest BCUT2D eigenvalue weighted by Crippen LogP contribution is -2.27. The number of rotatable bonds is 8. The number of hydrogen-bond donors (Lipinski definition) is 1. The van der Waals surface area contributed by atoms with E-state index in [2.05, 4.69) is 20.6 Å². The number of amides is 1. The van der Waals surface area contributed by atoms with Gasteiger partial charge in [0.1, 0.15) is 16.5 Å². The van der Waals surface area contributed by atoms with Gasteiger partial charge in [-0.3, -0.25) is 9.48 Å². The quantitative estimate of drug-likeness (QED) is 0.316. The molecule has 0 saturated carbocycles. The van der Waals surface area contributed by atoms with Crippen LogP contribution in [0.15, 0.2) is 59.6 Å². The van der Waals surface area contributed by atoms with E-state index in [1.165, 1.54) is 23.9 Å². The molecule has 0 unspecified atom stereocenters. The van der Waals surface area contributed by atoms with Gasteiger partial charge in [-0.25, -0.2) is 4.39 Å². The fraction of sp³-hybridized carbons (Fsp3) is 0.250. The van der Waals surface area contributed by atoms with Gasteiger partial charge in [0.15, 0.2) is 0 Å². The second-order valence-corrected chi connectivity index (χ2v) is 8.51. The van der Waals surface area contributed by atoms with E-state index >= 15 is 0 Å². The molecule has 0 aliphatic heterocycles. The molecule has 2 aromatic carbocycles. The van der Waals surface area contributed by atoms with Crippen molar-refractivity contribution in [2.75, 3.05) is 12.3 Å². The number of nitrogens with one attached hydrogen (secondary N) is 1. The first-order valence-electron chi connectivity index (χ1n) is 10.4. The van der Waals surface area contributed by atoms with Crippen LogP contribution in [0.5, 0.6) is 0 Å². The van der Waals surface area contributed by atoms with Gasteiger partial charge in [0.05, 0.1) is 11.4 Å². The first-order valence-corrected chi connectivity index (χ1v) is 11.4. The highest BCUT2D eigenvalue weighted by molar-refractivity contribution is 8.00. The Bertz CT molecular complexity index is 1240. The van der Waals surface area contributed by atoms with Crippen molar-refractivity contribution in [3.05, 3.63) is 71.8 Å². The predicted octanol–water partition coefficient (Wildman–Crippen LogP) is 4.55. The van der Waals surface area contributed by atoms with Crippen LogP contribution in [0.3, 0.4) is 0 Å². The Balaban J connectivity index is 1.37. The molecule has 32 heavy (non-hydrogen) atoms. The zero-order valence-electron chi connectivity index (χ0n) is 18.0. The van der Waals surface area contributed by atoms with Gasteiger partial charge in [-0.15, -0.1) is 10.2 Å². The Labute approximate surface area is 190 Å². The van der Waals surface area contributed by atoms with Crippen molar-refractivity contribution in [1.29, 1.82) is 0 Å². The highest BCUT2D eigenvalue weighted by Crippen LogP contribution is 2.31. The smallest absolute Gasteiger partial charge is 0.230 e. The number of aromatic nitrogens is 4. The van der Waals surface area contributed by atoms with E-state index in [4.69, 9.17) is 0 Å². The van der Waals surface area contributed by atoms with E-state index in [9.17, 15) is 9.18 Å². The van der Waals surface area contributed by atoms with Crippen molar-refractivity contribution in [3.63, 3.8) is 0 Å². The van der Waals surface area contributed by atoms with E-state index in [-0.39, 0.29) is 17.5 Å². The Morgan fingerprint density at radius 3 is 2.53 bits per heavy atom. The molecular weight excluding hydrogens is 425 g/mol. The third-order valence-electron chi connectivity index (χ3n) is 5.08. The van der Waals surface area contributed by atoms with Gasteiger partial charge < -0.3 is 5.32 Å². The number of carbonyl (C=O) groups is 1. The zero-order valence-corrected chi connectivity index (χ0v) is 18.8. The van der Waals surface area contributed by atoms with Gasteiger partial charge in [0.2, 0.25) is 5.91 Å². The molecule has 1 N–H and O–H groups in total. The fourth-order valence-electron chi connectivity index (χ4n) is 3.55. The molecule has 0 aliphatic rings. The van der Waals surface area contributed by atoms with Crippen LogP contribution in [0.1, 0.15) is 17.8 Å². The Morgan fingerprint density at radius 1 is 1.06 bits per heavy atom. The molecule has 164 valence electrons. The lowest BCUT2D eigenvalue weighted by atomic mass is 10.1. The normalized spacial score (nSPS) is 11.1. The number of benzene rings is 2. The summed E-state index contributed by atoms with van der Waals surface area (Å²) in [6, 6.07) is 16.0. The van der Waals surface area contributed by atoms with Crippen LogP contribution in [0, 0.1) is 19.7 Å². The summed E-state index contributed by atoms with van der Waals surface area (Å²) < 4.78 is 15.3. The molecule has 0 fully saturated rings. The van der Waals surface area contributed by atoms with Gasteiger partial charge in [-0.1, -0.05) is 36.0 Å². The molecule has 0 radical (unpaired) electrons. The highest BCUT2D eigenvalue weighted by Gasteiger charge is 2.13. The Morgan fingerprint density at radius 2 is 1.81 bits per heavy atom. The van der Waals surface area contributed by atoms with Crippen molar-refractivity contribution in [2.24, 2.45) is 0 Å². The fourth-order valence-corrected chi connectivity index (χ4v) is 4.35. The third kappa shape index (κ3) is 5.13. The number of aryl methyl sites for hydroxylation is 3. The van der Waals surface area contributed by atoms with Crippen LogP contribution >= 0.6 is 11.8 Å². The zero-order chi connectivity index (χ0) is 22.5. The average Bonchev–Trinajstić information content (AvgIpc) is 3.12. The first-order chi connectivity index (χ1) is 15.5. The Kier molecular flexibility index (Phi) is 6.80. The molecule has 6 nitrogen and oxygen atoms in total. The molecule has 4 rings (SSSR count). The molecule has 0 aliphatic carbocycles. The summed E-state index contributed by atoms with van der Waals surface area (Å²) in [5, 5.41) is 18.6. The summed E-state index contributed by atoms with van der Waals surface area (Å²) in [5.41, 5.74) is 3.62. The summed E-state index contributed by atoms with van der Waals surface area (Å²) in [6.07, 6.45) is 0.813. The van der Waals surface area contributed by atoms with E-state index in [0.29, 0.717) is 17.3 Å². The minimum Gasteiger partial charge on any atom is -0.355 e. The van der Waals surface area contributed by atoms with E-state index in [1.807, 2.05) is 48.9 Å². The van der Waals surface area contributed by atoms with E-state index < -0.39 is 0 Å². The number of carbonyl (C=O) groups excluding carboxylic acids is 1. The number of halogens is 1. The summed E-state index contributed by atoms with van der Waals surface area (Å²) >= 11 is 1.36. The van der Waals surface area contributed by atoms with Gasteiger partial charge >= 0.3 is 0 Å². The average molecular weight is 450 g/mol. The molecule has 0 bridgehead atoms. The molecule has 4 aromatic rings. The van der Waals surface area contributed by atoms with Crippen molar-refractivity contribution in [3.8, 4) is 11.3 Å². The second kappa shape index (κ2) is 9.91. The topological polar surface area (TPSA) is 72.7 Å². The minimum absolute atomic E-state index is 0.0446. The highest BCUT2D eigenvalue weighted by atomic mass is 32.2. The Hall–Kier alpha value is -3.26. The first kappa shape index (κ1) is 22.0. The third-order valence-corrected chi connectivity index (χ3v) is 6.06. The van der Waals surface area contributed by atoms with Crippen molar-refractivity contribution in [1.82, 2.24) is 25.3 Å². The van der Waals surface area contributed by atoms with Crippen molar-refractivity contribution >= 4 is 28.4 Å². The van der Waals surface area contributed by atoms with E-state index in [0.717, 1.165) is 40.7 Å². The standard InChI is InChI=1S/C24H24FN5OS/c1-16-14-17(2)30(29-16)13-5-12-26-22(31)15-32-24-21-7-4-3-6-20(21)23(27-28-24)18-8-10-19(25)11-9-18/h3-4,6-11,14H,5,12-13,15H2,1-2H3,(H,26,31). The molecule has 0 atom stereocenters. The molecule has 0 spiro atoms. The van der Waals surface area contributed by atoms with Gasteiger partial charge in [0.25, 0.3) is 0 Å². The van der Waals surface area contributed by atoms with Crippen LogP contribution < -0.4 is 5.32 Å². The van der Waals surface area contributed by atoms with Gasteiger partial charge in [0, 0.05) is 35.1 Å². The maximum Gasteiger partial charge on any atom is 0.230 e. The second-order valence-electron chi connectivity index (χ2n) is 7.55. The lowest BCUT2D eigenvalue weighted by molar-refractivity contribution is -0.118. The lowest BCUT2D eigenvalue weighted by Gasteiger charge is -2.10. The van der Waals surface area contributed by atoms with Gasteiger partial charge in [-0.2, -0.15) is 5.10 Å². The number of fused-ring (bicyclic) bond motifs is 1. The summed E-state index contributed by atoms with van der Waals surface area (Å²) in [4.78, 5) is 12.3. The summed E-state index contributed by atoms with van der Waals surface area (Å²) in [6.45, 7) is 5.37. The van der Waals surface area contributed by atoms with Crippen LogP contribution in [0.25, 0.3) is 22.0 Å². The molecular formula is C24H24FN5OS. The SMILES string of the molecule is Cc1cc(C)n(CCCNC(=O)CSc2nnc(-c3ccc(F)cc3)c3ccccc23)n1. The van der Waals surface area contributed by atoms with E-state index in [1.54, 1.807) is 12.1 Å². The molecule has 2 aromatic heterocycles. The van der Waals surface area contributed by atoms with Crippen LogP contribution in [-0.2, 0) is 11.3 Å². The summed E-state index contributed by atoms with van der Waals surface area (Å²) in [7, 11) is 0. The maximum absolute atomic E-state index is 13.3. The van der Waals surface area contributed by atoms with Crippen LogP contribution in [0.4, 0.5) is 4.39 Å². The number of thioether (sulfide) groups is 1.